The Bertz CT molecular complexity index is 630. The maximum atomic E-state index is 11.7. The molecule has 1 aliphatic rings. The molecule has 7 heteroatoms. The molecule has 0 aromatic heterocycles. The minimum atomic E-state index is -0.0476. The average Bonchev–Trinajstić information content (AvgIpc) is 3.56. The van der Waals surface area contributed by atoms with Gasteiger partial charge in [0.05, 0.1) is 0 Å². The van der Waals surface area contributed by atoms with E-state index < -0.39 is 0 Å². The summed E-state index contributed by atoms with van der Waals surface area (Å²) in [5, 5.41) is 9.56. The Morgan fingerprint density at radius 1 is 1.10 bits per heavy atom. The first-order valence-electron chi connectivity index (χ1n) is 11.3. The molecule has 7 nitrogen and oxygen atoms in total. The van der Waals surface area contributed by atoms with Gasteiger partial charge in [-0.3, -0.25) is 9.79 Å². The van der Waals surface area contributed by atoms with E-state index in [0.29, 0.717) is 11.8 Å². The van der Waals surface area contributed by atoms with Crippen LogP contribution < -0.4 is 20.7 Å². The first kappa shape index (κ1) is 24.0. The fraction of sp³-hybridized carbons (Fsp3) is 0.652. The maximum absolute atomic E-state index is 11.7. The van der Waals surface area contributed by atoms with Crippen molar-refractivity contribution in [1.82, 2.24) is 16.0 Å². The molecule has 0 heterocycles. The molecule has 0 saturated heterocycles. The van der Waals surface area contributed by atoms with Gasteiger partial charge in [0.1, 0.15) is 5.75 Å². The monoisotopic (exact) mass is 418 g/mol. The van der Waals surface area contributed by atoms with Crippen LogP contribution in [0.3, 0.4) is 0 Å². The second-order valence-electron chi connectivity index (χ2n) is 7.53. The highest BCUT2D eigenvalue weighted by molar-refractivity contribution is 5.79. The van der Waals surface area contributed by atoms with Crippen LogP contribution in [0.5, 0.6) is 5.75 Å². The smallest absolute Gasteiger partial charge is 0.258 e. The fourth-order valence-electron chi connectivity index (χ4n) is 2.77. The summed E-state index contributed by atoms with van der Waals surface area (Å²) in [4.78, 5) is 16.3. The van der Waals surface area contributed by atoms with Crippen molar-refractivity contribution in [2.75, 3.05) is 39.5 Å². The first-order chi connectivity index (χ1) is 14.7. The number of ether oxygens (including phenoxy) is 2. The standard InChI is InChI=1S/C23H38N4O3/c1-3-5-16-29-17-6-14-25-23(24-4-2)26-15-13-19-7-11-21(12-8-19)30-18-22(28)27-20-9-10-20/h7-8,11-12,20H,3-6,9-10,13-18H2,1-2H3,(H,27,28)(H2,24,25,26). The lowest BCUT2D eigenvalue weighted by Crippen LogP contribution is -2.38. The molecule has 2 rings (SSSR count). The zero-order valence-electron chi connectivity index (χ0n) is 18.5. The number of carbonyl (C=O) groups excluding carboxylic acids is 1. The molecular weight excluding hydrogens is 380 g/mol. The van der Waals surface area contributed by atoms with Gasteiger partial charge in [0.25, 0.3) is 5.91 Å². The van der Waals surface area contributed by atoms with Crippen molar-refractivity contribution in [2.24, 2.45) is 4.99 Å². The van der Waals surface area contributed by atoms with Gasteiger partial charge in [-0.05, 0) is 56.7 Å². The molecule has 3 N–H and O–H groups in total. The van der Waals surface area contributed by atoms with E-state index in [-0.39, 0.29) is 12.5 Å². The van der Waals surface area contributed by atoms with Crippen molar-refractivity contribution in [1.29, 1.82) is 0 Å². The molecule has 0 radical (unpaired) electrons. The largest absolute Gasteiger partial charge is 0.484 e. The lowest BCUT2D eigenvalue weighted by Gasteiger charge is -2.12. The SMILES string of the molecule is CCCCOCCCN=C(NCC)NCCc1ccc(OCC(=O)NC2CC2)cc1. The summed E-state index contributed by atoms with van der Waals surface area (Å²) in [5.74, 6) is 1.51. The molecule has 0 unspecified atom stereocenters. The molecule has 0 spiro atoms. The Labute approximate surface area is 181 Å². The van der Waals surface area contributed by atoms with Crippen LogP contribution in [-0.2, 0) is 16.0 Å². The first-order valence-corrected chi connectivity index (χ1v) is 11.3. The van der Waals surface area contributed by atoms with Crippen LogP contribution in [0.1, 0.15) is 51.5 Å². The number of unbranched alkanes of at least 4 members (excludes halogenated alkanes) is 1. The van der Waals surface area contributed by atoms with E-state index >= 15 is 0 Å². The van der Waals surface area contributed by atoms with E-state index in [2.05, 4.69) is 34.8 Å². The molecule has 0 aliphatic heterocycles. The number of guanidine groups is 1. The molecule has 1 aromatic rings. The van der Waals surface area contributed by atoms with Gasteiger partial charge in [0.15, 0.2) is 12.6 Å². The van der Waals surface area contributed by atoms with Crippen molar-refractivity contribution >= 4 is 11.9 Å². The molecule has 1 amide bonds. The van der Waals surface area contributed by atoms with Gasteiger partial charge in [0.2, 0.25) is 0 Å². The quantitative estimate of drug-likeness (QED) is 0.232. The van der Waals surface area contributed by atoms with E-state index in [0.717, 1.165) is 70.9 Å². The summed E-state index contributed by atoms with van der Waals surface area (Å²) in [6.07, 6.45) is 6.27. The van der Waals surface area contributed by atoms with Crippen molar-refractivity contribution < 1.29 is 14.3 Å². The van der Waals surface area contributed by atoms with Crippen molar-refractivity contribution in [3.63, 3.8) is 0 Å². The topological polar surface area (TPSA) is 84.0 Å². The Hall–Kier alpha value is -2.28. The number of amides is 1. The fourth-order valence-corrected chi connectivity index (χ4v) is 2.77. The van der Waals surface area contributed by atoms with Crippen LogP contribution >= 0.6 is 0 Å². The third kappa shape index (κ3) is 11.0. The third-order valence-corrected chi connectivity index (χ3v) is 4.65. The lowest BCUT2D eigenvalue weighted by molar-refractivity contribution is -0.123. The van der Waals surface area contributed by atoms with Crippen LogP contribution in [0.25, 0.3) is 0 Å². The zero-order valence-corrected chi connectivity index (χ0v) is 18.5. The van der Waals surface area contributed by atoms with Gasteiger partial charge in [-0.2, -0.15) is 0 Å². The third-order valence-electron chi connectivity index (χ3n) is 4.65. The number of hydrogen-bond donors (Lipinski definition) is 3. The van der Waals surface area contributed by atoms with E-state index in [1.807, 2.05) is 24.3 Å². The van der Waals surface area contributed by atoms with E-state index in [4.69, 9.17) is 9.47 Å². The molecule has 1 aromatic carbocycles. The van der Waals surface area contributed by atoms with Gasteiger partial charge in [-0.25, -0.2) is 0 Å². The number of nitrogens with one attached hydrogen (secondary N) is 3. The lowest BCUT2D eigenvalue weighted by atomic mass is 10.1. The molecule has 0 atom stereocenters. The Morgan fingerprint density at radius 2 is 1.87 bits per heavy atom. The van der Waals surface area contributed by atoms with Gasteiger partial charge in [-0.15, -0.1) is 0 Å². The summed E-state index contributed by atoms with van der Waals surface area (Å²) in [5.41, 5.74) is 1.21. The maximum Gasteiger partial charge on any atom is 0.258 e. The number of aliphatic imine (C=N–C) groups is 1. The second kappa shape index (κ2) is 14.7. The zero-order chi connectivity index (χ0) is 21.4. The molecule has 1 aliphatic carbocycles. The Balaban J connectivity index is 1.62. The van der Waals surface area contributed by atoms with Crippen molar-refractivity contribution in [2.45, 2.75) is 58.4 Å². The molecule has 168 valence electrons. The minimum absolute atomic E-state index is 0.0476. The number of nitrogens with zero attached hydrogens (tertiary/aromatic N) is 1. The van der Waals surface area contributed by atoms with Gasteiger partial charge < -0.3 is 25.4 Å². The molecule has 1 saturated carbocycles. The Morgan fingerprint density at radius 3 is 2.57 bits per heavy atom. The van der Waals surface area contributed by atoms with Crippen LogP contribution in [-0.4, -0.2) is 57.4 Å². The van der Waals surface area contributed by atoms with Crippen LogP contribution in [0.2, 0.25) is 0 Å². The van der Waals surface area contributed by atoms with Crippen LogP contribution in [0, 0.1) is 0 Å². The van der Waals surface area contributed by atoms with E-state index in [1.165, 1.54) is 12.0 Å². The minimum Gasteiger partial charge on any atom is -0.484 e. The summed E-state index contributed by atoms with van der Waals surface area (Å²) < 4.78 is 11.1. The molecular formula is C23H38N4O3. The molecule has 1 fully saturated rings. The van der Waals surface area contributed by atoms with Crippen molar-refractivity contribution in [3.8, 4) is 5.75 Å². The molecule has 30 heavy (non-hydrogen) atoms. The second-order valence-corrected chi connectivity index (χ2v) is 7.53. The predicted molar refractivity (Wildman–Crippen MR) is 121 cm³/mol. The number of rotatable bonds is 15. The number of benzene rings is 1. The van der Waals surface area contributed by atoms with Gasteiger partial charge >= 0.3 is 0 Å². The van der Waals surface area contributed by atoms with E-state index in [1.54, 1.807) is 0 Å². The molecule has 0 bridgehead atoms. The van der Waals surface area contributed by atoms with Crippen LogP contribution in [0.4, 0.5) is 0 Å². The van der Waals surface area contributed by atoms with Gasteiger partial charge in [-0.1, -0.05) is 25.5 Å². The van der Waals surface area contributed by atoms with Crippen LogP contribution in [0.15, 0.2) is 29.3 Å². The highest BCUT2D eigenvalue weighted by Gasteiger charge is 2.23. The number of carbonyl (C=O) groups is 1. The van der Waals surface area contributed by atoms with Crippen molar-refractivity contribution in [3.05, 3.63) is 29.8 Å². The number of hydrogen-bond acceptors (Lipinski definition) is 4. The average molecular weight is 419 g/mol. The Kier molecular flexibility index (Phi) is 11.7. The highest BCUT2D eigenvalue weighted by atomic mass is 16.5. The van der Waals surface area contributed by atoms with Gasteiger partial charge in [0, 0.05) is 38.9 Å². The summed E-state index contributed by atoms with van der Waals surface area (Å²) in [6, 6.07) is 8.27. The normalized spacial score (nSPS) is 13.7. The van der Waals surface area contributed by atoms with E-state index in [9.17, 15) is 4.79 Å². The predicted octanol–water partition coefficient (Wildman–Crippen LogP) is 2.65. The summed E-state index contributed by atoms with van der Waals surface area (Å²) in [6.45, 7) is 8.29. The highest BCUT2D eigenvalue weighted by Crippen LogP contribution is 2.18. The summed E-state index contributed by atoms with van der Waals surface area (Å²) >= 11 is 0. The summed E-state index contributed by atoms with van der Waals surface area (Å²) in [7, 11) is 0.